The number of aliphatic hydroxyl groups is 1. The summed E-state index contributed by atoms with van der Waals surface area (Å²) in [5, 5.41) is 15.2. The van der Waals surface area contributed by atoms with Gasteiger partial charge in [-0.15, -0.1) is 0 Å². The fraction of sp³-hybridized carbons (Fsp3) is 0.750. The van der Waals surface area contributed by atoms with Crippen molar-refractivity contribution >= 4 is 11.6 Å². The normalized spacial score (nSPS) is 19.8. The maximum atomic E-state index is 10.4. The minimum Gasteiger partial charge on any atom is -0.386 e. The molecule has 96 valence electrons. The summed E-state index contributed by atoms with van der Waals surface area (Å²) in [5.41, 5.74) is 0.744. The van der Waals surface area contributed by atoms with Crippen LogP contribution in [-0.4, -0.2) is 28.1 Å². The maximum Gasteiger partial charge on any atom is 0.100 e. The molecule has 0 saturated carbocycles. The predicted molar refractivity (Wildman–Crippen MR) is 66.1 cm³/mol. The lowest BCUT2D eigenvalue weighted by atomic mass is 9.92. The lowest BCUT2D eigenvalue weighted by Crippen LogP contribution is -2.24. The second-order valence-electron chi connectivity index (χ2n) is 4.81. The Bertz CT molecular complexity index is 373. The Labute approximate surface area is 107 Å². The van der Waals surface area contributed by atoms with Gasteiger partial charge >= 0.3 is 0 Å². The van der Waals surface area contributed by atoms with Gasteiger partial charge in [0.15, 0.2) is 0 Å². The van der Waals surface area contributed by atoms with Crippen molar-refractivity contribution in [3.63, 3.8) is 0 Å². The number of halogens is 1. The van der Waals surface area contributed by atoms with Gasteiger partial charge < -0.3 is 9.84 Å². The van der Waals surface area contributed by atoms with E-state index >= 15 is 0 Å². The van der Waals surface area contributed by atoms with Crippen LogP contribution in [0, 0.1) is 5.92 Å². The molecule has 1 aliphatic heterocycles. The summed E-state index contributed by atoms with van der Waals surface area (Å²) in [7, 11) is 0. The first kappa shape index (κ1) is 12.9. The first-order valence-corrected chi connectivity index (χ1v) is 6.47. The lowest BCUT2D eigenvalue weighted by Gasteiger charge is -2.28. The van der Waals surface area contributed by atoms with E-state index in [1.165, 1.54) is 0 Å². The molecule has 1 unspecified atom stereocenters. The van der Waals surface area contributed by atoms with Crippen LogP contribution in [0.3, 0.4) is 0 Å². The topological polar surface area (TPSA) is 47.3 Å². The minimum absolute atomic E-state index is 0.201. The second kappa shape index (κ2) is 5.38. The van der Waals surface area contributed by atoms with Gasteiger partial charge in [-0.3, -0.25) is 4.68 Å². The highest BCUT2D eigenvalue weighted by Gasteiger charge is 2.28. The molecule has 0 radical (unpaired) electrons. The zero-order valence-electron chi connectivity index (χ0n) is 10.3. The van der Waals surface area contributed by atoms with Crippen molar-refractivity contribution in [3.8, 4) is 0 Å². The minimum atomic E-state index is -0.545. The molecule has 1 aromatic heterocycles. The highest BCUT2D eigenvalue weighted by Crippen LogP contribution is 2.34. The molecule has 0 spiro atoms. The van der Waals surface area contributed by atoms with Gasteiger partial charge in [0.25, 0.3) is 0 Å². The van der Waals surface area contributed by atoms with Gasteiger partial charge in [0.1, 0.15) is 6.10 Å². The van der Waals surface area contributed by atoms with Crippen LogP contribution in [-0.2, 0) is 4.74 Å². The van der Waals surface area contributed by atoms with E-state index in [0.717, 1.165) is 31.7 Å². The molecule has 1 aliphatic rings. The van der Waals surface area contributed by atoms with Crippen LogP contribution in [0.2, 0.25) is 5.02 Å². The first-order chi connectivity index (χ1) is 8.11. The molecule has 17 heavy (non-hydrogen) atoms. The average Bonchev–Trinajstić information content (AvgIpc) is 2.71. The fourth-order valence-electron chi connectivity index (χ4n) is 2.29. The molecule has 1 fully saturated rings. The highest BCUT2D eigenvalue weighted by molar-refractivity contribution is 6.31. The summed E-state index contributed by atoms with van der Waals surface area (Å²) in [6.45, 7) is 5.50. The van der Waals surface area contributed by atoms with Crippen LogP contribution >= 0.6 is 11.6 Å². The molecule has 1 aromatic rings. The largest absolute Gasteiger partial charge is 0.386 e. The molecule has 5 heteroatoms. The van der Waals surface area contributed by atoms with Crippen LogP contribution in [0.5, 0.6) is 0 Å². The Morgan fingerprint density at radius 1 is 1.47 bits per heavy atom. The lowest BCUT2D eigenvalue weighted by molar-refractivity contribution is 0.00348. The van der Waals surface area contributed by atoms with Gasteiger partial charge in [0.2, 0.25) is 0 Å². The molecule has 0 aliphatic carbocycles. The zero-order chi connectivity index (χ0) is 12.4. The van der Waals surface area contributed by atoms with Crippen molar-refractivity contribution in [2.75, 3.05) is 13.2 Å². The summed E-state index contributed by atoms with van der Waals surface area (Å²) < 4.78 is 7.12. The van der Waals surface area contributed by atoms with Crippen molar-refractivity contribution < 1.29 is 9.84 Å². The summed E-state index contributed by atoms with van der Waals surface area (Å²) in [5.74, 6) is 0.218. The van der Waals surface area contributed by atoms with Crippen molar-refractivity contribution in [1.29, 1.82) is 0 Å². The number of aromatic nitrogens is 2. The Morgan fingerprint density at radius 3 is 2.71 bits per heavy atom. The quantitative estimate of drug-likeness (QED) is 0.907. The third-order valence-electron chi connectivity index (χ3n) is 3.27. The molecular weight excluding hydrogens is 240 g/mol. The molecule has 1 atom stereocenters. The third kappa shape index (κ3) is 2.64. The van der Waals surface area contributed by atoms with E-state index in [9.17, 15) is 5.11 Å². The second-order valence-corrected chi connectivity index (χ2v) is 5.22. The highest BCUT2D eigenvalue weighted by atomic mass is 35.5. The van der Waals surface area contributed by atoms with Gasteiger partial charge in [-0.25, -0.2) is 0 Å². The zero-order valence-corrected chi connectivity index (χ0v) is 11.0. The van der Waals surface area contributed by atoms with Gasteiger partial charge in [-0.1, -0.05) is 11.6 Å². The molecule has 0 amide bonds. The van der Waals surface area contributed by atoms with Crippen LogP contribution in [0.4, 0.5) is 0 Å². The predicted octanol–water partition coefficient (Wildman–Crippen LogP) is 2.58. The Morgan fingerprint density at radius 2 is 2.12 bits per heavy atom. The monoisotopic (exact) mass is 258 g/mol. The van der Waals surface area contributed by atoms with Gasteiger partial charge in [-0.2, -0.15) is 5.10 Å². The van der Waals surface area contributed by atoms with Gasteiger partial charge in [-0.05, 0) is 32.6 Å². The van der Waals surface area contributed by atoms with Crippen LogP contribution < -0.4 is 0 Å². The fourth-order valence-corrected chi connectivity index (χ4v) is 2.54. The van der Waals surface area contributed by atoms with Crippen molar-refractivity contribution in [1.82, 2.24) is 9.78 Å². The number of hydrogen-bond donors (Lipinski definition) is 1. The number of hydrogen-bond acceptors (Lipinski definition) is 3. The molecule has 1 saturated heterocycles. The molecule has 2 heterocycles. The van der Waals surface area contributed by atoms with E-state index in [-0.39, 0.29) is 12.0 Å². The summed E-state index contributed by atoms with van der Waals surface area (Å²) >= 11 is 6.13. The number of nitrogens with zero attached hydrogens (tertiary/aromatic N) is 2. The number of ether oxygens (including phenoxy) is 1. The molecule has 0 aromatic carbocycles. The van der Waals surface area contributed by atoms with E-state index in [1.807, 2.05) is 18.5 Å². The summed E-state index contributed by atoms with van der Waals surface area (Å²) in [4.78, 5) is 0. The molecule has 0 bridgehead atoms. The van der Waals surface area contributed by atoms with E-state index in [0.29, 0.717) is 5.02 Å². The average molecular weight is 259 g/mol. The molecule has 4 nitrogen and oxygen atoms in total. The Hall–Kier alpha value is -0.580. The van der Waals surface area contributed by atoms with Crippen molar-refractivity contribution in [2.24, 2.45) is 5.92 Å². The first-order valence-electron chi connectivity index (χ1n) is 6.10. The van der Waals surface area contributed by atoms with E-state index in [1.54, 1.807) is 6.20 Å². The Balaban J connectivity index is 2.22. The van der Waals surface area contributed by atoms with E-state index in [4.69, 9.17) is 16.3 Å². The number of rotatable bonds is 3. The van der Waals surface area contributed by atoms with Gasteiger partial charge in [0, 0.05) is 19.3 Å². The van der Waals surface area contributed by atoms with Crippen LogP contribution in [0.1, 0.15) is 44.5 Å². The van der Waals surface area contributed by atoms with Crippen LogP contribution in [0.15, 0.2) is 6.20 Å². The number of aliphatic hydroxyl groups excluding tert-OH is 1. The maximum absolute atomic E-state index is 10.4. The third-order valence-corrected chi connectivity index (χ3v) is 3.56. The Kier molecular flexibility index (Phi) is 4.07. The van der Waals surface area contributed by atoms with Crippen LogP contribution in [0.25, 0.3) is 0 Å². The molecule has 2 rings (SSSR count). The van der Waals surface area contributed by atoms with Crippen molar-refractivity contribution in [3.05, 3.63) is 16.9 Å². The SMILES string of the molecule is CC(C)n1ncc(Cl)c1C(O)C1CCOCC1. The van der Waals surface area contributed by atoms with E-state index < -0.39 is 6.10 Å². The van der Waals surface area contributed by atoms with E-state index in [2.05, 4.69) is 5.10 Å². The summed E-state index contributed by atoms with van der Waals surface area (Å²) in [6, 6.07) is 0.201. The standard InChI is InChI=1S/C12H19ClN2O2/c1-8(2)15-11(10(13)7-14-15)12(16)9-3-5-17-6-4-9/h7-9,12,16H,3-6H2,1-2H3. The molecule has 1 N–H and O–H groups in total. The summed E-state index contributed by atoms with van der Waals surface area (Å²) in [6.07, 6.45) is 2.82. The van der Waals surface area contributed by atoms with Crippen molar-refractivity contribution in [2.45, 2.75) is 38.8 Å². The van der Waals surface area contributed by atoms with Gasteiger partial charge in [0.05, 0.1) is 16.9 Å². The smallest absolute Gasteiger partial charge is 0.100 e. The molecular formula is C12H19ClN2O2.